The number of ether oxygens (including phenoxy) is 2. The summed E-state index contributed by atoms with van der Waals surface area (Å²) in [5, 5.41) is 11.0. The molecule has 21 heavy (non-hydrogen) atoms. The van der Waals surface area contributed by atoms with Gasteiger partial charge in [-0.15, -0.1) is 0 Å². The van der Waals surface area contributed by atoms with Crippen molar-refractivity contribution in [2.45, 2.75) is 13.0 Å². The minimum absolute atomic E-state index is 0.347. The molecule has 0 aromatic heterocycles. The summed E-state index contributed by atoms with van der Waals surface area (Å²) < 4.78 is 11.3. The first-order chi connectivity index (χ1) is 9.99. The van der Waals surface area contributed by atoms with Gasteiger partial charge in [0.1, 0.15) is 22.6 Å². The van der Waals surface area contributed by atoms with Gasteiger partial charge in [0.15, 0.2) is 0 Å². The summed E-state index contributed by atoms with van der Waals surface area (Å²) in [6.45, 7) is 1.99. The van der Waals surface area contributed by atoms with Crippen molar-refractivity contribution in [2.75, 3.05) is 14.2 Å². The van der Waals surface area contributed by atoms with Crippen LogP contribution in [0.2, 0.25) is 5.02 Å². The molecule has 1 unspecified atom stereocenters. The summed E-state index contributed by atoms with van der Waals surface area (Å²) in [5.74, 6) is 0.920. The van der Waals surface area contributed by atoms with Gasteiger partial charge in [0.05, 0.1) is 14.2 Å². The average Bonchev–Trinajstić information content (AvgIpc) is 2.46. The second kappa shape index (κ2) is 6.69. The molecule has 1 N–H and O–H groups in total. The van der Waals surface area contributed by atoms with Crippen LogP contribution in [0, 0.1) is 6.92 Å². The molecule has 0 saturated heterocycles. The quantitative estimate of drug-likeness (QED) is 0.859. The van der Waals surface area contributed by atoms with Crippen molar-refractivity contribution in [3.05, 3.63) is 56.5 Å². The number of aliphatic hydroxyl groups excluding tert-OH is 1. The summed E-state index contributed by atoms with van der Waals surface area (Å²) in [6.07, 6.45) is -0.849. The van der Waals surface area contributed by atoms with Gasteiger partial charge in [0, 0.05) is 10.0 Å². The Bertz CT molecular complexity index is 658. The molecule has 0 aliphatic rings. The lowest BCUT2D eigenvalue weighted by atomic mass is 9.99. The van der Waals surface area contributed by atoms with E-state index in [0.29, 0.717) is 22.1 Å². The summed E-state index contributed by atoms with van der Waals surface area (Å²) in [5.41, 5.74) is 2.45. The molecule has 0 amide bonds. The van der Waals surface area contributed by atoms with Crippen LogP contribution in [0.3, 0.4) is 0 Å². The normalized spacial score (nSPS) is 12.1. The van der Waals surface area contributed by atoms with E-state index in [4.69, 9.17) is 21.1 Å². The van der Waals surface area contributed by atoms with Crippen molar-refractivity contribution in [1.82, 2.24) is 0 Å². The molecule has 0 radical (unpaired) electrons. The standard InChI is InChI=1S/C16H16BrClO3/c1-9-4-5-10(12(17)8-9)15(19)11-6-7-13(20-2)14(18)16(11)21-3/h4-8,15,19H,1-3H3. The lowest BCUT2D eigenvalue weighted by molar-refractivity contribution is 0.213. The first-order valence-corrected chi connectivity index (χ1v) is 7.51. The zero-order valence-electron chi connectivity index (χ0n) is 12.0. The highest BCUT2D eigenvalue weighted by atomic mass is 79.9. The highest BCUT2D eigenvalue weighted by molar-refractivity contribution is 9.10. The molecule has 0 saturated carbocycles. The monoisotopic (exact) mass is 370 g/mol. The molecule has 5 heteroatoms. The van der Waals surface area contributed by atoms with Crippen molar-refractivity contribution in [2.24, 2.45) is 0 Å². The number of methoxy groups -OCH3 is 2. The van der Waals surface area contributed by atoms with Crippen molar-refractivity contribution in [3.63, 3.8) is 0 Å². The maximum atomic E-state index is 10.7. The second-order valence-electron chi connectivity index (χ2n) is 4.63. The average molecular weight is 372 g/mol. The Morgan fingerprint density at radius 2 is 1.76 bits per heavy atom. The zero-order valence-corrected chi connectivity index (χ0v) is 14.3. The first kappa shape index (κ1) is 16.1. The molecule has 2 aromatic rings. The molecule has 3 nitrogen and oxygen atoms in total. The maximum absolute atomic E-state index is 10.7. The Labute approximate surface area is 137 Å². The van der Waals surface area contributed by atoms with Gasteiger partial charge in [-0.25, -0.2) is 0 Å². The van der Waals surface area contributed by atoms with E-state index in [0.717, 1.165) is 15.6 Å². The van der Waals surface area contributed by atoms with Gasteiger partial charge in [0.25, 0.3) is 0 Å². The predicted molar refractivity (Wildman–Crippen MR) is 87.5 cm³/mol. The zero-order chi connectivity index (χ0) is 15.6. The van der Waals surface area contributed by atoms with Gasteiger partial charge >= 0.3 is 0 Å². The van der Waals surface area contributed by atoms with E-state index in [1.807, 2.05) is 25.1 Å². The molecule has 112 valence electrons. The van der Waals surface area contributed by atoms with Gasteiger partial charge in [-0.3, -0.25) is 0 Å². The summed E-state index contributed by atoms with van der Waals surface area (Å²) in [4.78, 5) is 0. The molecule has 0 heterocycles. The van der Waals surface area contributed by atoms with Gasteiger partial charge in [-0.2, -0.15) is 0 Å². The minimum Gasteiger partial charge on any atom is -0.495 e. The smallest absolute Gasteiger partial charge is 0.147 e. The van der Waals surface area contributed by atoms with Crippen molar-refractivity contribution >= 4 is 27.5 Å². The number of rotatable bonds is 4. The van der Waals surface area contributed by atoms with Gasteiger partial charge in [-0.1, -0.05) is 39.7 Å². The number of halogens is 2. The third-order valence-corrected chi connectivity index (χ3v) is 4.31. The van der Waals surface area contributed by atoms with E-state index in [1.54, 1.807) is 12.1 Å². The molecule has 2 aromatic carbocycles. The number of aryl methyl sites for hydroxylation is 1. The highest BCUT2D eigenvalue weighted by Gasteiger charge is 2.21. The van der Waals surface area contributed by atoms with Crippen LogP contribution in [-0.2, 0) is 0 Å². The van der Waals surface area contributed by atoms with E-state index < -0.39 is 6.10 Å². The van der Waals surface area contributed by atoms with Gasteiger partial charge in [-0.05, 0) is 36.2 Å². The molecule has 0 aliphatic carbocycles. The topological polar surface area (TPSA) is 38.7 Å². The number of hydrogen-bond donors (Lipinski definition) is 1. The van der Waals surface area contributed by atoms with E-state index in [1.165, 1.54) is 14.2 Å². The summed E-state index contributed by atoms with van der Waals surface area (Å²) in [7, 11) is 3.05. The fourth-order valence-electron chi connectivity index (χ4n) is 2.15. The molecule has 0 spiro atoms. The number of aliphatic hydroxyl groups is 1. The Morgan fingerprint density at radius 1 is 1.10 bits per heavy atom. The molecule has 0 aliphatic heterocycles. The Morgan fingerprint density at radius 3 is 2.33 bits per heavy atom. The molecule has 1 atom stereocenters. The minimum atomic E-state index is -0.849. The first-order valence-electron chi connectivity index (χ1n) is 6.34. The second-order valence-corrected chi connectivity index (χ2v) is 5.86. The third kappa shape index (κ3) is 3.18. The van der Waals surface area contributed by atoms with Crippen LogP contribution in [0.15, 0.2) is 34.8 Å². The summed E-state index contributed by atoms with van der Waals surface area (Å²) in [6, 6.07) is 9.24. The van der Waals surface area contributed by atoms with Gasteiger partial charge < -0.3 is 14.6 Å². The largest absolute Gasteiger partial charge is 0.495 e. The van der Waals surface area contributed by atoms with Crippen molar-refractivity contribution in [1.29, 1.82) is 0 Å². The Kier molecular flexibility index (Phi) is 5.14. The lowest BCUT2D eigenvalue weighted by Gasteiger charge is -2.19. The Hall–Kier alpha value is -1.23. The molecule has 2 rings (SSSR count). The van der Waals surface area contributed by atoms with E-state index in [9.17, 15) is 5.11 Å². The van der Waals surface area contributed by atoms with Crippen molar-refractivity contribution in [3.8, 4) is 11.5 Å². The Balaban J connectivity index is 2.52. The van der Waals surface area contributed by atoms with Gasteiger partial charge in [0.2, 0.25) is 0 Å². The molecular weight excluding hydrogens is 356 g/mol. The number of benzene rings is 2. The SMILES string of the molecule is COc1ccc(C(O)c2ccc(C)cc2Br)c(OC)c1Cl. The van der Waals surface area contributed by atoms with E-state index in [-0.39, 0.29) is 0 Å². The molecule has 0 bridgehead atoms. The lowest BCUT2D eigenvalue weighted by Crippen LogP contribution is -2.04. The summed E-state index contributed by atoms with van der Waals surface area (Å²) >= 11 is 9.72. The fraction of sp³-hybridized carbons (Fsp3) is 0.250. The van der Waals surface area contributed by atoms with Crippen LogP contribution >= 0.6 is 27.5 Å². The number of hydrogen-bond acceptors (Lipinski definition) is 3. The highest BCUT2D eigenvalue weighted by Crippen LogP contribution is 2.42. The molecular formula is C16H16BrClO3. The molecule has 0 fully saturated rings. The van der Waals surface area contributed by atoms with Crippen LogP contribution < -0.4 is 9.47 Å². The van der Waals surface area contributed by atoms with Crippen molar-refractivity contribution < 1.29 is 14.6 Å². The van der Waals surface area contributed by atoms with Crippen LogP contribution in [0.25, 0.3) is 0 Å². The van der Waals surface area contributed by atoms with Crippen LogP contribution in [0.4, 0.5) is 0 Å². The predicted octanol–water partition coefficient (Wildman–Crippen LogP) is 4.51. The van der Waals surface area contributed by atoms with E-state index >= 15 is 0 Å². The fourth-order valence-corrected chi connectivity index (χ4v) is 3.19. The van der Waals surface area contributed by atoms with Crippen LogP contribution in [0.1, 0.15) is 22.8 Å². The maximum Gasteiger partial charge on any atom is 0.147 e. The van der Waals surface area contributed by atoms with E-state index in [2.05, 4.69) is 15.9 Å². The third-order valence-electron chi connectivity index (χ3n) is 3.26. The van der Waals surface area contributed by atoms with Crippen LogP contribution in [0.5, 0.6) is 11.5 Å². The van der Waals surface area contributed by atoms with Crippen LogP contribution in [-0.4, -0.2) is 19.3 Å².